The molecule has 0 aliphatic heterocycles. The lowest BCUT2D eigenvalue weighted by Gasteiger charge is -2.13. The summed E-state index contributed by atoms with van der Waals surface area (Å²) < 4.78 is 22.9. The fourth-order valence-corrected chi connectivity index (χ4v) is 2.93. The lowest BCUT2D eigenvalue weighted by molar-refractivity contribution is 0.220. The second-order valence-electron chi connectivity index (χ2n) is 5.24. The average Bonchev–Trinajstić information content (AvgIpc) is 2.46. The summed E-state index contributed by atoms with van der Waals surface area (Å²) in [6.07, 6.45) is 2.47. The van der Waals surface area contributed by atoms with Crippen LogP contribution in [0.3, 0.4) is 0 Å². The van der Waals surface area contributed by atoms with E-state index in [1.165, 1.54) is 24.0 Å². The molecule has 0 aliphatic carbocycles. The minimum atomic E-state index is -3.21. The first kappa shape index (κ1) is 15.7. The number of hydrogen-bond donors (Lipinski definition) is 1. The van der Waals surface area contributed by atoms with E-state index in [0.717, 1.165) is 18.4 Å². The van der Waals surface area contributed by atoms with Crippen molar-refractivity contribution in [3.05, 3.63) is 65.2 Å². The molecule has 1 N–H and O–H groups in total. The third kappa shape index (κ3) is 3.93. The van der Waals surface area contributed by atoms with Crippen molar-refractivity contribution in [2.75, 3.05) is 6.26 Å². The molecule has 0 aliphatic rings. The summed E-state index contributed by atoms with van der Waals surface area (Å²) in [4.78, 5) is 0.262. The summed E-state index contributed by atoms with van der Waals surface area (Å²) in [6.45, 7) is 2.12. The van der Waals surface area contributed by atoms with Gasteiger partial charge in [0, 0.05) is 6.26 Å². The van der Waals surface area contributed by atoms with Crippen molar-refractivity contribution in [2.24, 2.45) is 0 Å². The quantitative estimate of drug-likeness (QED) is 0.923. The molecular weight excluding hydrogens is 284 g/mol. The Morgan fingerprint density at radius 3 is 2.29 bits per heavy atom. The Morgan fingerprint density at radius 1 is 1.05 bits per heavy atom. The van der Waals surface area contributed by atoms with Crippen LogP contribution in [0.5, 0.6) is 0 Å². The van der Waals surface area contributed by atoms with Crippen molar-refractivity contribution in [3.8, 4) is 0 Å². The zero-order valence-corrected chi connectivity index (χ0v) is 13.1. The Labute approximate surface area is 126 Å². The fraction of sp³-hybridized carbons (Fsp3) is 0.294. The number of benzene rings is 2. The van der Waals surface area contributed by atoms with E-state index in [9.17, 15) is 13.5 Å². The van der Waals surface area contributed by atoms with Gasteiger partial charge in [-0.15, -0.1) is 0 Å². The maximum Gasteiger partial charge on any atom is 0.175 e. The average molecular weight is 304 g/mol. The van der Waals surface area contributed by atoms with Crippen molar-refractivity contribution in [2.45, 2.75) is 30.8 Å². The van der Waals surface area contributed by atoms with Gasteiger partial charge in [-0.2, -0.15) is 0 Å². The maximum absolute atomic E-state index is 11.4. The predicted octanol–water partition coefficient (Wildman–Crippen LogP) is 3.12. The normalized spacial score (nSPS) is 13.1. The predicted molar refractivity (Wildman–Crippen MR) is 84.1 cm³/mol. The second kappa shape index (κ2) is 6.41. The van der Waals surface area contributed by atoms with Gasteiger partial charge in [-0.25, -0.2) is 8.42 Å². The first-order chi connectivity index (χ1) is 9.91. The molecule has 0 spiro atoms. The lowest BCUT2D eigenvalue weighted by Crippen LogP contribution is -2.02. The van der Waals surface area contributed by atoms with Gasteiger partial charge >= 0.3 is 0 Å². The fourth-order valence-electron chi connectivity index (χ4n) is 2.30. The van der Waals surface area contributed by atoms with Crippen LogP contribution in [0.25, 0.3) is 0 Å². The summed E-state index contributed by atoms with van der Waals surface area (Å²) in [7, 11) is -3.21. The molecule has 0 aromatic heterocycles. The highest BCUT2D eigenvalue weighted by Gasteiger charge is 2.13. The van der Waals surface area contributed by atoms with Crippen LogP contribution < -0.4 is 0 Å². The van der Waals surface area contributed by atoms with Crippen molar-refractivity contribution < 1.29 is 13.5 Å². The van der Waals surface area contributed by atoms with E-state index < -0.39 is 15.9 Å². The molecule has 0 radical (unpaired) electrons. The summed E-state index contributed by atoms with van der Waals surface area (Å²) >= 11 is 0. The van der Waals surface area contributed by atoms with Gasteiger partial charge in [0.2, 0.25) is 0 Å². The zero-order chi connectivity index (χ0) is 15.5. The van der Waals surface area contributed by atoms with Crippen molar-refractivity contribution in [3.63, 3.8) is 0 Å². The molecule has 3 nitrogen and oxygen atoms in total. The number of aliphatic hydroxyl groups excluding tert-OH is 1. The molecule has 0 saturated carbocycles. The Morgan fingerprint density at radius 2 is 1.71 bits per heavy atom. The van der Waals surface area contributed by atoms with Gasteiger partial charge in [-0.1, -0.05) is 49.7 Å². The van der Waals surface area contributed by atoms with Crippen molar-refractivity contribution in [1.82, 2.24) is 0 Å². The van der Waals surface area contributed by atoms with Gasteiger partial charge in [0.05, 0.1) is 4.90 Å². The summed E-state index contributed by atoms with van der Waals surface area (Å²) in [5, 5.41) is 10.4. The largest absolute Gasteiger partial charge is 0.384 e. The third-order valence-corrected chi connectivity index (χ3v) is 4.56. The van der Waals surface area contributed by atoms with Gasteiger partial charge in [0.25, 0.3) is 0 Å². The minimum absolute atomic E-state index is 0.262. The van der Waals surface area contributed by atoms with Crippen LogP contribution >= 0.6 is 0 Å². The standard InChI is InChI=1S/C17H20O3S/c1-3-5-13-6-4-7-15(12-13)17(18)14-8-10-16(11-9-14)21(2,19)20/h4,6-12,17-18H,3,5H2,1-2H3. The van der Waals surface area contributed by atoms with Crippen LogP contribution in [0, 0.1) is 0 Å². The van der Waals surface area contributed by atoms with Gasteiger partial charge < -0.3 is 5.11 Å². The molecule has 0 fully saturated rings. The van der Waals surface area contributed by atoms with E-state index in [2.05, 4.69) is 6.92 Å². The Balaban J connectivity index is 2.27. The van der Waals surface area contributed by atoms with Gasteiger partial charge in [-0.3, -0.25) is 0 Å². The van der Waals surface area contributed by atoms with Gasteiger partial charge in [0.1, 0.15) is 6.10 Å². The number of rotatable bonds is 5. The highest BCUT2D eigenvalue weighted by Crippen LogP contribution is 2.24. The lowest BCUT2D eigenvalue weighted by atomic mass is 9.98. The molecule has 112 valence electrons. The molecule has 2 rings (SSSR count). The number of aryl methyl sites for hydroxylation is 1. The smallest absolute Gasteiger partial charge is 0.175 e. The van der Waals surface area contributed by atoms with Crippen LogP contribution in [0.2, 0.25) is 0 Å². The third-order valence-electron chi connectivity index (χ3n) is 3.43. The Hall–Kier alpha value is -1.65. The maximum atomic E-state index is 11.4. The van der Waals surface area contributed by atoms with E-state index in [1.807, 2.05) is 24.3 Å². The van der Waals surface area contributed by atoms with E-state index in [-0.39, 0.29) is 4.90 Å². The highest BCUT2D eigenvalue weighted by atomic mass is 32.2. The van der Waals surface area contributed by atoms with Crippen LogP contribution in [0.15, 0.2) is 53.4 Å². The Kier molecular flexibility index (Phi) is 4.80. The molecule has 1 unspecified atom stereocenters. The first-order valence-electron chi connectivity index (χ1n) is 6.98. The molecule has 0 bridgehead atoms. The number of aliphatic hydroxyl groups is 1. The van der Waals surface area contributed by atoms with Gasteiger partial charge in [0.15, 0.2) is 9.84 Å². The molecule has 21 heavy (non-hydrogen) atoms. The minimum Gasteiger partial charge on any atom is -0.384 e. The topological polar surface area (TPSA) is 54.4 Å². The van der Waals surface area contributed by atoms with Crippen molar-refractivity contribution >= 4 is 9.84 Å². The highest BCUT2D eigenvalue weighted by molar-refractivity contribution is 7.90. The summed E-state index contributed by atoms with van der Waals surface area (Å²) in [5.74, 6) is 0. The molecule has 0 amide bonds. The molecule has 2 aromatic rings. The Bertz CT molecular complexity index is 703. The number of sulfone groups is 1. The van der Waals surface area contributed by atoms with Crippen LogP contribution in [0.4, 0.5) is 0 Å². The SMILES string of the molecule is CCCc1cccc(C(O)c2ccc(S(C)(=O)=O)cc2)c1. The van der Waals surface area contributed by atoms with Crippen LogP contribution in [-0.2, 0) is 16.3 Å². The second-order valence-corrected chi connectivity index (χ2v) is 7.25. The van der Waals surface area contributed by atoms with E-state index >= 15 is 0 Å². The van der Waals surface area contributed by atoms with E-state index in [1.54, 1.807) is 12.1 Å². The molecule has 4 heteroatoms. The first-order valence-corrected chi connectivity index (χ1v) is 8.88. The molecule has 2 aromatic carbocycles. The van der Waals surface area contributed by atoms with Crippen molar-refractivity contribution in [1.29, 1.82) is 0 Å². The van der Waals surface area contributed by atoms with E-state index in [0.29, 0.717) is 5.56 Å². The van der Waals surface area contributed by atoms with Crippen LogP contribution in [0.1, 0.15) is 36.1 Å². The zero-order valence-electron chi connectivity index (χ0n) is 12.3. The summed E-state index contributed by atoms with van der Waals surface area (Å²) in [6, 6.07) is 14.3. The molecule has 0 heterocycles. The molecular formula is C17H20O3S. The monoisotopic (exact) mass is 304 g/mol. The van der Waals surface area contributed by atoms with Gasteiger partial charge in [-0.05, 0) is 35.2 Å². The van der Waals surface area contributed by atoms with E-state index in [4.69, 9.17) is 0 Å². The summed E-state index contributed by atoms with van der Waals surface area (Å²) in [5.41, 5.74) is 2.71. The molecule has 1 atom stereocenters. The number of hydrogen-bond acceptors (Lipinski definition) is 3. The van der Waals surface area contributed by atoms with Crippen LogP contribution in [-0.4, -0.2) is 19.8 Å². The molecule has 0 saturated heterocycles.